The van der Waals surface area contributed by atoms with Crippen LogP contribution in [0.2, 0.25) is 0 Å². The quantitative estimate of drug-likeness (QED) is 0.413. The van der Waals surface area contributed by atoms with E-state index in [1.165, 1.54) is 14.2 Å². The normalized spacial score (nSPS) is 23.1. The van der Waals surface area contributed by atoms with Crippen molar-refractivity contribution in [3.05, 3.63) is 63.7 Å². The number of cyclic esters (lactones) is 1. The van der Waals surface area contributed by atoms with Gasteiger partial charge < -0.3 is 28.8 Å². The van der Waals surface area contributed by atoms with E-state index in [4.69, 9.17) is 28.7 Å². The lowest BCUT2D eigenvalue weighted by molar-refractivity contribution is -0.734. The van der Waals surface area contributed by atoms with Crippen LogP contribution in [-0.4, -0.2) is 43.7 Å². The maximum atomic E-state index is 13.5. The van der Waals surface area contributed by atoms with E-state index in [1.54, 1.807) is 12.1 Å². The summed E-state index contributed by atoms with van der Waals surface area (Å²) in [5.41, 5.74) is 6.69. The highest BCUT2D eigenvalue weighted by Gasteiger charge is 2.57. The number of ether oxygens (including phenoxy) is 5. The number of phenolic OH excluding ortho intramolecular Hbond substituents is 1. The first-order valence-corrected chi connectivity index (χ1v) is 12.7. The van der Waals surface area contributed by atoms with Crippen molar-refractivity contribution in [1.29, 1.82) is 0 Å². The predicted octanol–water partition coefficient (Wildman–Crippen LogP) is 3.58. The predicted molar refractivity (Wildman–Crippen MR) is 135 cm³/mol. The SMILES string of the molecule is COc1cc([C@@H]2c3cc4c(cc3[C@@H]([n+]3c(C)c(C)nc(C)c3C)[C@H]3COC(=O)[C@H]23)OCO4)cc(OC)c1O. The molecule has 0 radical (unpaired) electrons. The van der Waals surface area contributed by atoms with Crippen molar-refractivity contribution >= 4 is 5.97 Å². The number of aromatic hydroxyl groups is 1. The zero-order valence-electron chi connectivity index (χ0n) is 22.3. The Hall–Kier alpha value is -4.01. The van der Waals surface area contributed by atoms with Crippen molar-refractivity contribution in [3.63, 3.8) is 0 Å². The third-order valence-electron chi connectivity index (χ3n) is 8.39. The fourth-order valence-corrected chi connectivity index (χ4v) is 6.39. The molecule has 6 rings (SSSR count). The zero-order chi connectivity index (χ0) is 26.9. The number of aryl methyl sites for hydroxylation is 2. The number of hydrogen-bond acceptors (Lipinski definition) is 8. The van der Waals surface area contributed by atoms with Gasteiger partial charge in [0.25, 0.3) is 0 Å². The number of esters is 1. The number of methoxy groups -OCH3 is 2. The van der Waals surface area contributed by atoms with Gasteiger partial charge in [-0.05, 0) is 49.2 Å². The van der Waals surface area contributed by atoms with Crippen LogP contribution in [0.25, 0.3) is 0 Å². The minimum atomic E-state index is -0.480. The maximum Gasteiger partial charge on any atom is 0.310 e. The van der Waals surface area contributed by atoms with Crippen LogP contribution >= 0.6 is 0 Å². The van der Waals surface area contributed by atoms with Gasteiger partial charge in [-0.3, -0.25) is 4.79 Å². The van der Waals surface area contributed by atoms with Crippen molar-refractivity contribution in [2.45, 2.75) is 39.7 Å². The molecular weight excluding hydrogens is 488 g/mol. The van der Waals surface area contributed by atoms with Gasteiger partial charge in [0.15, 0.2) is 40.4 Å². The highest BCUT2D eigenvalue weighted by atomic mass is 16.7. The van der Waals surface area contributed by atoms with Crippen molar-refractivity contribution in [2.24, 2.45) is 11.8 Å². The lowest BCUT2D eigenvalue weighted by Crippen LogP contribution is -2.54. The molecule has 0 unspecified atom stereocenters. The van der Waals surface area contributed by atoms with E-state index < -0.39 is 5.92 Å². The Bertz CT molecular complexity index is 1430. The van der Waals surface area contributed by atoms with Gasteiger partial charge in [-0.2, -0.15) is 4.57 Å². The number of benzene rings is 2. The van der Waals surface area contributed by atoms with Crippen molar-refractivity contribution < 1.29 is 38.2 Å². The second-order valence-corrected chi connectivity index (χ2v) is 10.2. The van der Waals surface area contributed by atoms with E-state index in [2.05, 4.69) is 18.4 Å². The Morgan fingerprint density at radius 2 is 1.47 bits per heavy atom. The van der Waals surface area contributed by atoms with Crippen LogP contribution in [0.4, 0.5) is 0 Å². The van der Waals surface area contributed by atoms with Crippen molar-refractivity contribution in [2.75, 3.05) is 27.6 Å². The Balaban J connectivity index is 1.66. The molecule has 0 amide bonds. The second-order valence-electron chi connectivity index (χ2n) is 10.2. The van der Waals surface area contributed by atoms with E-state index >= 15 is 0 Å². The number of fused-ring (bicyclic) bond motifs is 3. The monoisotopic (exact) mass is 519 g/mol. The number of aromatic nitrogens is 2. The summed E-state index contributed by atoms with van der Waals surface area (Å²) in [6, 6.07) is 7.37. The molecule has 3 aromatic rings. The summed E-state index contributed by atoms with van der Waals surface area (Å²) >= 11 is 0. The molecule has 9 heteroatoms. The van der Waals surface area contributed by atoms with Gasteiger partial charge in [-0.1, -0.05) is 0 Å². The Morgan fingerprint density at radius 1 is 0.895 bits per heavy atom. The molecule has 0 bridgehead atoms. The first-order chi connectivity index (χ1) is 18.2. The molecule has 38 heavy (non-hydrogen) atoms. The molecule has 3 heterocycles. The lowest BCUT2D eigenvalue weighted by atomic mass is 9.65. The summed E-state index contributed by atoms with van der Waals surface area (Å²) in [5.74, 6) is 0.490. The standard InChI is InChI=1S/C29H30N2O7/c1-13-15(3)31(16(4)14(2)30-13)27-19-10-22-21(37-12-38-22)9-18(19)25(26-20(27)11-36-29(26)33)17-7-23(34-5)28(32)24(8-17)35-6/h7-10,20,25-27H,11-12H2,1-6H3/p+1/t20-,25+,26-,27+/m0/s1. The van der Waals surface area contributed by atoms with E-state index in [0.717, 1.165) is 39.5 Å². The molecule has 0 saturated carbocycles. The van der Waals surface area contributed by atoms with Gasteiger partial charge in [0.2, 0.25) is 12.5 Å². The van der Waals surface area contributed by atoms with Crippen LogP contribution in [0.1, 0.15) is 51.4 Å². The Kier molecular flexibility index (Phi) is 5.63. The van der Waals surface area contributed by atoms with Crippen molar-refractivity contribution in [1.82, 2.24) is 4.98 Å². The van der Waals surface area contributed by atoms with Gasteiger partial charge in [0.05, 0.1) is 26.1 Å². The number of phenols is 1. The van der Waals surface area contributed by atoms with Crippen LogP contribution in [0.15, 0.2) is 24.3 Å². The summed E-state index contributed by atoms with van der Waals surface area (Å²) in [4.78, 5) is 18.2. The van der Waals surface area contributed by atoms with E-state index in [1.807, 2.05) is 26.0 Å². The fourth-order valence-electron chi connectivity index (χ4n) is 6.39. The topological polar surface area (TPSA) is 100 Å². The van der Waals surface area contributed by atoms with Crippen LogP contribution in [-0.2, 0) is 9.53 Å². The van der Waals surface area contributed by atoms with Gasteiger partial charge in [0, 0.05) is 25.3 Å². The van der Waals surface area contributed by atoms with Gasteiger partial charge in [-0.25, -0.2) is 4.98 Å². The Morgan fingerprint density at radius 3 is 2.05 bits per heavy atom. The molecule has 3 aliphatic rings. The lowest BCUT2D eigenvalue weighted by Gasteiger charge is -2.37. The van der Waals surface area contributed by atoms with Crippen LogP contribution in [0.5, 0.6) is 28.7 Å². The second kappa shape index (κ2) is 8.79. The van der Waals surface area contributed by atoms with Crippen LogP contribution in [0.3, 0.4) is 0 Å². The van der Waals surface area contributed by atoms with Crippen LogP contribution < -0.4 is 23.5 Å². The summed E-state index contributed by atoms with van der Waals surface area (Å²) in [7, 11) is 2.98. The number of hydrogen-bond donors (Lipinski definition) is 1. The smallest absolute Gasteiger partial charge is 0.310 e. The minimum Gasteiger partial charge on any atom is -0.502 e. The molecule has 4 atom stereocenters. The van der Waals surface area contributed by atoms with Gasteiger partial charge >= 0.3 is 5.97 Å². The molecule has 2 aliphatic heterocycles. The number of nitrogens with zero attached hydrogens (tertiary/aromatic N) is 2. The highest BCUT2D eigenvalue weighted by Crippen LogP contribution is 2.55. The highest BCUT2D eigenvalue weighted by molar-refractivity contribution is 5.79. The van der Waals surface area contributed by atoms with Crippen molar-refractivity contribution in [3.8, 4) is 28.7 Å². The third kappa shape index (κ3) is 3.40. The molecule has 1 aromatic heterocycles. The molecule has 2 aromatic carbocycles. The first-order valence-electron chi connectivity index (χ1n) is 12.7. The summed E-state index contributed by atoms with van der Waals surface area (Å²) in [5, 5.41) is 10.6. The molecular formula is C29H31N2O7+. The molecule has 1 fully saturated rings. The summed E-state index contributed by atoms with van der Waals surface area (Å²) in [6.45, 7) is 8.57. The summed E-state index contributed by atoms with van der Waals surface area (Å²) < 4.78 is 30.6. The largest absolute Gasteiger partial charge is 0.502 e. The molecule has 198 valence electrons. The fraction of sp³-hybridized carbons (Fsp3) is 0.414. The average Bonchev–Trinajstić information content (AvgIpc) is 3.52. The molecule has 0 spiro atoms. The third-order valence-corrected chi connectivity index (χ3v) is 8.39. The zero-order valence-corrected chi connectivity index (χ0v) is 22.3. The minimum absolute atomic E-state index is 0.0894. The van der Waals surface area contributed by atoms with E-state index in [-0.39, 0.29) is 54.5 Å². The summed E-state index contributed by atoms with van der Waals surface area (Å²) in [6.07, 6.45) is 0. The number of carbonyl (C=O) groups excluding carboxylic acids is 1. The molecule has 9 nitrogen and oxygen atoms in total. The number of rotatable bonds is 4. The molecule has 1 saturated heterocycles. The Labute approximate surface area is 220 Å². The number of carbonyl (C=O) groups is 1. The van der Waals surface area contributed by atoms with Gasteiger partial charge in [0.1, 0.15) is 18.0 Å². The van der Waals surface area contributed by atoms with Crippen LogP contribution in [0, 0.1) is 39.5 Å². The maximum absolute atomic E-state index is 13.5. The van der Waals surface area contributed by atoms with E-state index in [0.29, 0.717) is 11.5 Å². The average molecular weight is 520 g/mol. The molecule has 1 aliphatic carbocycles. The van der Waals surface area contributed by atoms with Gasteiger partial charge in [-0.15, -0.1) is 0 Å². The van der Waals surface area contributed by atoms with E-state index in [9.17, 15) is 9.90 Å². The molecule has 1 N–H and O–H groups in total. The first kappa shape index (κ1) is 24.3.